The van der Waals surface area contributed by atoms with E-state index in [9.17, 15) is 4.79 Å². The Labute approximate surface area is 209 Å². The summed E-state index contributed by atoms with van der Waals surface area (Å²) in [5, 5.41) is 0. The van der Waals surface area contributed by atoms with Crippen molar-refractivity contribution in [3.05, 3.63) is 11.6 Å². The standard InChI is InChI=1S/C29H40O6/c1-5-25(35-19(2)30)29-11-10-22-21(23(29)8-9-24(29)27(4)31-14-15-32-27)7-6-20-18-28(33-16-17-34-28)13-12-26(20,22)3/h1,6,21-25H,7-18H2,2-4H3/t21-,22+,23+,24-,25?,26+,29-/m1/s1. The lowest BCUT2D eigenvalue weighted by Gasteiger charge is -2.60. The lowest BCUT2D eigenvalue weighted by atomic mass is 9.45. The third-order valence-corrected chi connectivity index (χ3v) is 10.9. The van der Waals surface area contributed by atoms with Crippen molar-refractivity contribution in [1.82, 2.24) is 0 Å². The maximum Gasteiger partial charge on any atom is 0.303 e. The molecule has 6 aliphatic rings. The quantitative estimate of drug-likeness (QED) is 0.331. The number of rotatable bonds is 3. The van der Waals surface area contributed by atoms with E-state index in [1.54, 1.807) is 0 Å². The largest absolute Gasteiger partial charge is 0.449 e. The Balaban J connectivity index is 1.37. The summed E-state index contributed by atoms with van der Waals surface area (Å²) in [6.07, 6.45) is 16.1. The molecule has 0 radical (unpaired) electrons. The number of terminal acetylenes is 1. The van der Waals surface area contributed by atoms with Gasteiger partial charge in [-0.2, -0.15) is 0 Å². The Morgan fingerprint density at radius 3 is 2.43 bits per heavy atom. The second-order valence-electron chi connectivity index (χ2n) is 12.2. The fraction of sp³-hybridized carbons (Fsp3) is 0.828. The van der Waals surface area contributed by atoms with Crippen molar-refractivity contribution < 1.29 is 28.5 Å². The predicted molar refractivity (Wildman–Crippen MR) is 129 cm³/mol. The van der Waals surface area contributed by atoms with E-state index in [0.29, 0.717) is 44.2 Å². The van der Waals surface area contributed by atoms with Gasteiger partial charge in [-0.05, 0) is 68.6 Å². The normalized spacial score (nSPS) is 44.0. The number of ether oxygens (including phenoxy) is 5. The van der Waals surface area contributed by atoms with Crippen molar-refractivity contribution in [3.8, 4) is 12.3 Å². The summed E-state index contributed by atoms with van der Waals surface area (Å²) < 4.78 is 30.6. The van der Waals surface area contributed by atoms with Crippen LogP contribution >= 0.6 is 0 Å². The zero-order valence-corrected chi connectivity index (χ0v) is 21.5. The molecule has 2 aliphatic heterocycles. The molecule has 2 saturated heterocycles. The first kappa shape index (κ1) is 24.0. The second kappa shape index (κ2) is 8.31. The molecular formula is C29H40O6. The van der Waals surface area contributed by atoms with Crippen molar-refractivity contribution in [2.75, 3.05) is 26.4 Å². The Morgan fingerprint density at radius 2 is 1.74 bits per heavy atom. The number of fused-ring (bicyclic) bond motifs is 5. The van der Waals surface area contributed by atoms with Crippen LogP contribution in [0, 0.1) is 46.8 Å². The molecule has 0 amide bonds. The van der Waals surface area contributed by atoms with Gasteiger partial charge in [-0.3, -0.25) is 4.79 Å². The summed E-state index contributed by atoms with van der Waals surface area (Å²) in [4.78, 5) is 12.2. The summed E-state index contributed by atoms with van der Waals surface area (Å²) in [5.74, 6) is 3.13. The molecule has 6 rings (SSSR count). The molecule has 3 saturated carbocycles. The van der Waals surface area contributed by atoms with Gasteiger partial charge in [0.15, 0.2) is 17.7 Å². The summed E-state index contributed by atoms with van der Waals surface area (Å²) in [7, 11) is 0. The molecule has 7 atom stereocenters. The Kier molecular flexibility index (Phi) is 5.69. The third kappa shape index (κ3) is 3.41. The van der Waals surface area contributed by atoms with Gasteiger partial charge in [-0.25, -0.2) is 0 Å². The van der Waals surface area contributed by atoms with Crippen LogP contribution in [0.2, 0.25) is 0 Å². The van der Waals surface area contributed by atoms with Crippen molar-refractivity contribution >= 4 is 5.97 Å². The van der Waals surface area contributed by atoms with Gasteiger partial charge in [0.05, 0.1) is 26.4 Å². The van der Waals surface area contributed by atoms with Gasteiger partial charge in [0.1, 0.15) is 0 Å². The van der Waals surface area contributed by atoms with Crippen LogP contribution in [0.3, 0.4) is 0 Å². The average Bonchev–Trinajstić information content (AvgIpc) is 3.57. The predicted octanol–water partition coefficient (Wildman–Crippen LogP) is 4.62. The molecule has 5 fully saturated rings. The van der Waals surface area contributed by atoms with Gasteiger partial charge >= 0.3 is 5.97 Å². The molecule has 192 valence electrons. The molecule has 0 aromatic heterocycles. The number of hydrogen-bond donors (Lipinski definition) is 0. The highest BCUT2D eigenvalue weighted by atomic mass is 16.7. The Hall–Kier alpha value is -1.39. The highest BCUT2D eigenvalue weighted by Crippen LogP contribution is 2.70. The molecule has 6 nitrogen and oxygen atoms in total. The first-order valence-corrected chi connectivity index (χ1v) is 13.7. The van der Waals surface area contributed by atoms with Crippen LogP contribution in [0.15, 0.2) is 11.6 Å². The van der Waals surface area contributed by atoms with Gasteiger partial charge in [0.2, 0.25) is 0 Å². The highest BCUT2D eigenvalue weighted by Gasteiger charge is 2.68. The van der Waals surface area contributed by atoms with Crippen LogP contribution in [-0.4, -0.2) is 50.1 Å². The lowest BCUT2D eigenvalue weighted by Crippen LogP contribution is -2.59. The Morgan fingerprint density at radius 1 is 1.03 bits per heavy atom. The van der Waals surface area contributed by atoms with Gasteiger partial charge < -0.3 is 23.7 Å². The van der Waals surface area contributed by atoms with Gasteiger partial charge in [0, 0.05) is 31.1 Å². The van der Waals surface area contributed by atoms with E-state index < -0.39 is 17.7 Å². The maximum absolute atomic E-state index is 12.2. The molecule has 6 heteroatoms. The van der Waals surface area contributed by atoms with E-state index in [2.05, 4.69) is 25.8 Å². The van der Waals surface area contributed by atoms with Crippen molar-refractivity contribution in [2.24, 2.45) is 34.5 Å². The van der Waals surface area contributed by atoms with Gasteiger partial charge in [-0.15, -0.1) is 6.42 Å². The lowest BCUT2D eigenvalue weighted by molar-refractivity contribution is -0.236. The molecule has 1 spiro atoms. The maximum atomic E-state index is 12.2. The SMILES string of the molecule is C#CC(OC(C)=O)[C@]12CC[C@H]3[C@@H](CC=C4CC5(CC[C@@]43C)OCCO5)[C@@H]1CC[C@@H]2C1(C)OCCO1. The summed E-state index contributed by atoms with van der Waals surface area (Å²) in [5.41, 5.74) is 1.36. The van der Waals surface area contributed by atoms with E-state index >= 15 is 0 Å². The average molecular weight is 485 g/mol. The van der Waals surface area contributed by atoms with Gasteiger partial charge in [0.25, 0.3) is 0 Å². The van der Waals surface area contributed by atoms with Gasteiger partial charge in [-0.1, -0.05) is 24.5 Å². The zero-order valence-electron chi connectivity index (χ0n) is 21.5. The second-order valence-corrected chi connectivity index (χ2v) is 12.2. The molecular weight excluding hydrogens is 444 g/mol. The van der Waals surface area contributed by atoms with Crippen molar-refractivity contribution in [1.29, 1.82) is 0 Å². The summed E-state index contributed by atoms with van der Waals surface area (Å²) >= 11 is 0. The Bertz CT molecular complexity index is 937. The molecule has 0 N–H and O–H groups in total. The number of carbonyl (C=O) groups excluding carboxylic acids is 1. The smallest absolute Gasteiger partial charge is 0.303 e. The van der Waals surface area contributed by atoms with Crippen LogP contribution in [0.1, 0.15) is 72.1 Å². The van der Waals surface area contributed by atoms with E-state index in [4.69, 9.17) is 30.1 Å². The molecule has 0 bridgehead atoms. The third-order valence-electron chi connectivity index (χ3n) is 10.9. The van der Waals surface area contributed by atoms with E-state index in [1.165, 1.54) is 12.5 Å². The van der Waals surface area contributed by atoms with Crippen LogP contribution in [-0.2, 0) is 28.5 Å². The van der Waals surface area contributed by atoms with Crippen LogP contribution in [0.5, 0.6) is 0 Å². The van der Waals surface area contributed by atoms with Crippen LogP contribution < -0.4 is 0 Å². The highest BCUT2D eigenvalue weighted by molar-refractivity contribution is 5.66. The monoisotopic (exact) mass is 484 g/mol. The van der Waals surface area contributed by atoms with E-state index in [-0.39, 0.29) is 22.7 Å². The molecule has 1 unspecified atom stereocenters. The van der Waals surface area contributed by atoms with Crippen LogP contribution in [0.4, 0.5) is 0 Å². The number of allylic oxidation sites excluding steroid dienone is 1. The molecule has 4 aliphatic carbocycles. The first-order chi connectivity index (χ1) is 16.8. The molecule has 0 aromatic carbocycles. The molecule has 35 heavy (non-hydrogen) atoms. The fourth-order valence-electron chi connectivity index (χ4n) is 9.53. The fourth-order valence-corrected chi connectivity index (χ4v) is 9.53. The topological polar surface area (TPSA) is 63.2 Å². The molecule has 2 heterocycles. The number of hydrogen-bond acceptors (Lipinski definition) is 6. The van der Waals surface area contributed by atoms with Crippen molar-refractivity contribution in [2.45, 2.75) is 89.8 Å². The number of carbonyl (C=O) groups is 1. The minimum atomic E-state index is -0.676. The number of esters is 1. The summed E-state index contributed by atoms with van der Waals surface area (Å²) in [6.45, 7) is 8.63. The zero-order chi connectivity index (χ0) is 24.5. The summed E-state index contributed by atoms with van der Waals surface area (Å²) in [6, 6.07) is 0. The first-order valence-electron chi connectivity index (χ1n) is 13.7. The van der Waals surface area contributed by atoms with Crippen molar-refractivity contribution in [3.63, 3.8) is 0 Å². The minimum Gasteiger partial charge on any atom is -0.449 e. The van der Waals surface area contributed by atoms with E-state index in [1.807, 2.05) is 0 Å². The van der Waals surface area contributed by atoms with E-state index in [0.717, 1.165) is 51.4 Å². The minimum absolute atomic E-state index is 0.108. The molecule has 0 aromatic rings. The van der Waals surface area contributed by atoms with Crippen LogP contribution in [0.25, 0.3) is 0 Å².